The number of carboxylic acids is 2. The van der Waals surface area contributed by atoms with Crippen LogP contribution in [0.2, 0.25) is 0 Å². The highest BCUT2D eigenvalue weighted by Gasteiger charge is 2.18. The number of hydrogen-bond acceptors (Lipinski definition) is 3. The predicted molar refractivity (Wildman–Crippen MR) is 69.3 cm³/mol. The molecule has 0 bridgehead atoms. The molecule has 2 N–H and O–H groups in total. The third kappa shape index (κ3) is 6.16. The van der Waals surface area contributed by atoms with Gasteiger partial charge in [0.05, 0.1) is 5.57 Å². The van der Waals surface area contributed by atoms with Crippen LogP contribution in [0.3, 0.4) is 0 Å². The number of thioether (sulfide) groups is 1. The van der Waals surface area contributed by atoms with Gasteiger partial charge in [-0.15, -0.1) is 6.58 Å². The lowest BCUT2D eigenvalue weighted by molar-refractivity contribution is -0.136. The van der Waals surface area contributed by atoms with E-state index < -0.39 is 11.9 Å². The van der Waals surface area contributed by atoms with Gasteiger partial charge in [0.1, 0.15) is 0 Å². The Labute approximate surface area is 105 Å². The van der Waals surface area contributed by atoms with Crippen molar-refractivity contribution in [3.63, 3.8) is 0 Å². The van der Waals surface area contributed by atoms with Crippen molar-refractivity contribution >= 4 is 23.7 Å². The van der Waals surface area contributed by atoms with Gasteiger partial charge in [-0.3, -0.25) is 0 Å². The minimum Gasteiger partial charge on any atom is -0.478 e. The van der Waals surface area contributed by atoms with Crippen molar-refractivity contribution in [2.75, 3.05) is 11.5 Å². The lowest BCUT2D eigenvalue weighted by Crippen LogP contribution is -2.11. The van der Waals surface area contributed by atoms with E-state index in [4.69, 9.17) is 10.2 Å². The second-order valence-electron chi connectivity index (χ2n) is 3.36. The predicted octanol–water partition coefficient (Wildman–Crippen LogP) is 2.56. The van der Waals surface area contributed by atoms with Crippen molar-refractivity contribution in [2.45, 2.75) is 26.2 Å². The van der Waals surface area contributed by atoms with Crippen LogP contribution in [0.4, 0.5) is 0 Å². The summed E-state index contributed by atoms with van der Waals surface area (Å²) < 4.78 is 0. The quantitative estimate of drug-likeness (QED) is 0.378. The van der Waals surface area contributed by atoms with Gasteiger partial charge in [0, 0.05) is 5.57 Å². The molecule has 0 heterocycles. The summed E-state index contributed by atoms with van der Waals surface area (Å²) in [6.07, 6.45) is 2.46. The number of rotatable bonds is 9. The summed E-state index contributed by atoms with van der Waals surface area (Å²) in [5.74, 6) is -0.505. The highest BCUT2D eigenvalue weighted by molar-refractivity contribution is 7.99. The zero-order chi connectivity index (χ0) is 13.3. The van der Waals surface area contributed by atoms with Crippen molar-refractivity contribution in [2.24, 2.45) is 0 Å². The monoisotopic (exact) mass is 258 g/mol. The summed E-state index contributed by atoms with van der Waals surface area (Å²) in [5.41, 5.74) is -0.0666. The molecule has 0 amide bonds. The van der Waals surface area contributed by atoms with E-state index in [0.717, 1.165) is 11.5 Å². The number of carboxylic acid groups (broad SMARTS) is 2. The lowest BCUT2D eigenvalue weighted by atomic mass is 10.0. The van der Waals surface area contributed by atoms with Crippen LogP contribution in [0.15, 0.2) is 23.8 Å². The molecule has 0 spiro atoms. The first-order chi connectivity index (χ1) is 8.04. The normalized spacial score (nSPS) is 11.8. The fourth-order valence-electron chi connectivity index (χ4n) is 1.37. The smallest absolute Gasteiger partial charge is 0.332 e. The highest BCUT2D eigenvalue weighted by atomic mass is 32.2. The molecule has 4 nitrogen and oxygen atoms in total. The van der Waals surface area contributed by atoms with Crippen molar-refractivity contribution in [1.29, 1.82) is 0 Å². The van der Waals surface area contributed by atoms with Crippen LogP contribution in [0.1, 0.15) is 26.2 Å². The van der Waals surface area contributed by atoms with E-state index in [1.54, 1.807) is 11.8 Å². The zero-order valence-corrected chi connectivity index (χ0v) is 10.8. The molecule has 5 heteroatoms. The topological polar surface area (TPSA) is 74.6 Å². The summed E-state index contributed by atoms with van der Waals surface area (Å²) in [6, 6.07) is 0. The summed E-state index contributed by atoms with van der Waals surface area (Å²) in [6.45, 7) is 5.47. The second kappa shape index (κ2) is 8.87. The van der Waals surface area contributed by atoms with Crippen LogP contribution >= 0.6 is 11.8 Å². The molecular formula is C12H18O4S. The second-order valence-corrected chi connectivity index (χ2v) is 4.75. The van der Waals surface area contributed by atoms with Gasteiger partial charge in [0.15, 0.2) is 0 Å². The Bertz CT molecular complexity index is 320. The zero-order valence-electron chi connectivity index (χ0n) is 9.94. The Morgan fingerprint density at radius 1 is 1.24 bits per heavy atom. The molecule has 0 fully saturated rings. The summed E-state index contributed by atoms with van der Waals surface area (Å²) in [4.78, 5) is 22.0. The maximum absolute atomic E-state index is 11.0. The van der Waals surface area contributed by atoms with Gasteiger partial charge in [-0.25, -0.2) is 9.59 Å². The molecule has 0 aliphatic rings. The Hall–Kier alpha value is -1.23. The molecule has 0 saturated carbocycles. The fraction of sp³-hybridized carbons (Fsp3) is 0.500. The minimum absolute atomic E-state index is 0.00546. The Morgan fingerprint density at radius 3 is 2.24 bits per heavy atom. The van der Waals surface area contributed by atoms with E-state index in [2.05, 4.69) is 6.58 Å². The molecule has 0 rings (SSSR count). The van der Waals surface area contributed by atoms with Gasteiger partial charge in [-0.2, -0.15) is 11.8 Å². The number of aliphatic carboxylic acids is 2. The van der Waals surface area contributed by atoms with E-state index in [0.29, 0.717) is 6.42 Å². The third-order valence-corrected chi connectivity index (χ3v) is 3.13. The van der Waals surface area contributed by atoms with E-state index in [9.17, 15) is 9.59 Å². The molecule has 0 aliphatic carbocycles. The van der Waals surface area contributed by atoms with Gasteiger partial charge >= 0.3 is 11.9 Å². The van der Waals surface area contributed by atoms with Crippen LogP contribution in [-0.2, 0) is 9.59 Å². The van der Waals surface area contributed by atoms with E-state index in [-0.39, 0.29) is 24.0 Å². The average molecular weight is 258 g/mol. The lowest BCUT2D eigenvalue weighted by Gasteiger charge is -2.07. The number of hydrogen-bond donors (Lipinski definition) is 2. The molecule has 0 aromatic rings. The first kappa shape index (κ1) is 15.8. The van der Waals surface area contributed by atoms with Gasteiger partial charge in [0.2, 0.25) is 0 Å². The van der Waals surface area contributed by atoms with Crippen molar-refractivity contribution in [3.8, 4) is 0 Å². The maximum Gasteiger partial charge on any atom is 0.332 e. The van der Waals surface area contributed by atoms with E-state index >= 15 is 0 Å². The molecule has 17 heavy (non-hydrogen) atoms. The van der Waals surface area contributed by atoms with Crippen LogP contribution in [0.5, 0.6) is 0 Å². The molecule has 0 aliphatic heterocycles. The molecule has 0 saturated heterocycles. The maximum atomic E-state index is 11.0. The largest absolute Gasteiger partial charge is 0.478 e. The summed E-state index contributed by atoms with van der Waals surface area (Å²) in [5, 5.41) is 18.0. The summed E-state index contributed by atoms with van der Waals surface area (Å²) in [7, 11) is 0. The van der Waals surface area contributed by atoms with Gasteiger partial charge in [-0.05, 0) is 30.8 Å². The van der Waals surface area contributed by atoms with Gasteiger partial charge < -0.3 is 10.2 Å². The highest BCUT2D eigenvalue weighted by Crippen LogP contribution is 2.17. The molecule has 0 unspecified atom stereocenters. The van der Waals surface area contributed by atoms with Gasteiger partial charge in [0.25, 0.3) is 0 Å². The van der Waals surface area contributed by atoms with Crippen molar-refractivity contribution in [1.82, 2.24) is 0 Å². The van der Waals surface area contributed by atoms with Crippen molar-refractivity contribution in [3.05, 3.63) is 23.8 Å². The van der Waals surface area contributed by atoms with Gasteiger partial charge in [-0.1, -0.05) is 13.0 Å². The minimum atomic E-state index is -1.18. The first-order valence-electron chi connectivity index (χ1n) is 5.41. The van der Waals surface area contributed by atoms with Crippen LogP contribution in [0, 0.1) is 0 Å². The summed E-state index contributed by atoms with van der Waals surface area (Å²) >= 11 is 1.71. The Morgan fingerprint density at radius 2 is 1.82 bits per heavy atom. The molecule has 0 radical (unpaired) electrons. The van der Waals surface area contributed by atoms with Crippen LogP contribution in [0.25, 0.3) is 0 Å². The average Bonchev–Trinajstić information content (AvgIpc) is 2.26. The molecule has 0 atom stereocenters. The van der Waals surface area contributed by atoms with Crippen molar-refractivity contribution < 1.29 is 19.8 Å². The Kier molecular flexibility index (Phi) is 8.23. The Balaban J connectivity index is 4.76. The first-order valence-corrected chi connectivity index (χ1v) is 6.57. The van der Waals surface area contributed by atoms with E-state index in [1.807, 2.05) is 6.92 Å². The molecule has 96 valence electrons. The number of carbonyl (C=O) groups is 2. The molecule has 0 aromatic carbocycles. The molecule has 0 aromatic heterocycles. The fourth-order valence-corrected chi connectivity index (χ4v) is 2.00. The molecular weight excluding hydrogens is 240 g/mol. The third-order valence-electron chi connectivity index (χ3n) is 2.15. The van der Waals surface area contributed by atoms with Crippen LogP contribution in [-0.4, -0.2) is 33.7 Å². The van der Waals surface area contributed by atoms with E-state index in [1.165, 1.54) is 6.08 Å². The van der Waals surface area contributed by atoms with Crippen LogP contribution < -0.4 is 0 Å². The number of allylic oxidation sites excluding steroid dienone is 1. The standard InChI is InChI=1S/C12H18O4S/c1-3-6-9(11(13)14)10(12(15)16)7-5-8-17-4-2/h3H,1,4-8H2,2H3,(H,13,14)(H,15,16). The SMILES string of the molecule is C=CCC(C(=O)O)=C(CCCSCC)C(=O)O.